The van der Waals surface area contributed by atoms with Gasteiger partial charge >= 0.3 is 0 Å². The van der Waals surface area contributed by atoms with Gasteiger partial charge < -0.3 is 9.47 Å². The molecule has 2 aromatic rings. The van der Waals surface area contributed by atoms with Gasteiger partial charge in [0.25, 0.3) is 0 Å². The Kier molecular flexibility index (Phi) is 4.45. The Morgan fingerprint density at radius 3 is 2.81 bits per heavy atom. The van der Waals surface area contributed by atoms with Gasteiger partial charge in [-0.1, -0.05) is 0 Å². The predicted octanol–water partition coefficient (Wildman–Crippen LogP) is 3.65. The second-order valence-electron chi connectivity index (χ2n) is 5.98. The number of rotatable bonds is 4. The van der Waals surface area contributed by atoms with E-state index in [-0.39, 0.29) is 5.82 Å². The van der Waals surface area contributed by atoms with E-state index in [9.17, 15) is 4.39 Å². The van der Waals surface area contributed by atoms with E-state index >= 15 is 0 Å². The minimum Gasteiger partial charge on any atom is -0.327 e. The van der Waals surface area contributed by atoms with Crippen LogP contribution in [0.25, 0.3) is 11.0 Å². The van der Waals surface area contributed by atoms with E-state index in [4.69, 9.17) is 11.6 Å². The number of likely N-dealkylation sites (tertiary alicyclic amines) is 1. The normalized spacial score (nSPS) is 17.7. The Labute approximate surface area is 129 Å². The number of nitrogens with zero attached hydrogens (tertiary/aromatic N) is 3. The smallest absolute Gasteiger partial charge is 0.125 e. The molecule has 1 saturated heterocycles. The molecule has 1 aromatic carbocycles. The number of benzene rings is 1. The molecule has 0 saturated carbocycles. The van der Waals surface area contributed by atoms with Crippen LogP contribution in [0.4, 0.5) is 4.39 Å². The van der Waals surface area contributed by atoms with Crippen molar-refractivity contribution < 1.29 is 4.39 Å². The molecule has 0 unspecified atom stereocenters. The second kappa shape index (κ2) is 6.32. The van der Waals surface area contributed by atoms with Crippen LogP contribution in [0.1, 0.15) is 25.1 Å². The Morgan fingerprint density at radius 2 is 2.10 bits per heavy atom. The summed E-state index contributed by atoms with van der Waals surface area (Å²) in [5, 5.41) is 0. The van der Waals surface area contributed by atoms with Gasteiger partial charge in [-0.15, -0.1) is 11.6 Å². The highest BCUT2D eigenvalue weighted by Gasteiger charge is 2.18. The van der Waals surface area contributed by atoms with E-state index in [1.807, 2.05) is 6.07 Å². The number of hydrogen-bond donors (Lipinski definition) is 0. The van der Waals surface area contributed by atoms with Crippen LogP contribution >= 0.6 is 11.6 Å². The van der Waals surface area contributed by atoms with Crippen molar-refractivity contribution in [2.45, 2.75) is 31.7 Å². The molecule has 1 aliphatic heterocycles. The molecule has 0 bridgehead atoms. The van der Waals surface area contributed by atoms with E-state index in [0.29, 0.717) is 11.4 Å². The average Bonchev–Trinajstić information content (AvgIpc) is 2.83. The van der Waals surface area contributed by atoms with Gasteiger partial charge in [0.15, 0.2) is 0 Å². The summed E-state index contributed by atoms with van der Waals surface area (Å²) in [5.74, 6) is 1.72. The van der Waals surface area contributed by atoms with Crippen molar-refractivity contribution in [3.8, 4) is 0 Å². The zero-order valence-electron chi connectivity index (χ0n) is 12.4. The van der Waals surface area contributed by atoms with Gasteiger partial charge in [-0.05, 0) is 57.5 Å². The van der Waals surface area contributed by atoms with Crippen LogP contribution in [0.5, 0.6) is 0 Å². The molecule has 3 nitrogen and oxygen atoms in total. The van der Waals surface area contributed by atoms with Gasteiger partial charge in [-0.3, -0.25) is 0 Å². The predicted molar refractivity (Wildman–Crippen MR) is 84.1 cm³/mol. The molecule has 3 rings (SSSR count). The van der Waals surface area contributed by atoms with E-state index < -0.39 is 0 Å². The fourth-order valence-electron chi connectivity index (χ4n) is 3.17. The molecule has 1 fully saturated rings. The van der Waals surface area contributed by atoms with E-state index in [1.165, 1.54) is 38.1 Å². The highest BCUT2D eigenvalue weighted by molar-refractivity contribution is 6.16. The van der Waals surface area contributed by atoms with Crippen LogP contribution in [0.3, 0.4) is 0 Å². The summed E-state index contributed by atoms with van der Waals surface area (Å²) >= 11 is 6.00. The van der Waals surface area contributed by atoms with Crippen molar-refractivity contribution in [3.63, 3.8) is 0 Å². The third-order valence-corrected chi connectivity index (χ3v) is 4.75. The molecule has 1 aromatic heterocycles. The average molecular weight is 310 g/mol. The lowest BCUT2D eigenvalue weighted by Gasteiger charge is -2.29. The van der Waals surface area contributed by atoms with Crippen molar-refractivity contribution in [2.75, 3.05) is 20.1 Å². The Morgan fingerprint density at radius 1 is 1.33 bits per heavy atom. The van der Waals surface area contributed by atoms with E-state index in [2.05, 4.69) is 21.5 Å². The number of imidazole rings is 1. The molecule has 1 aliphatic rings. The van der Waals surface area contributed by atoms with Crippen LogP contribution < -0.4 is 0 Å². The second-order valence-corrected chi connectivity index (χ2v) is 6.25. The topological polar surface area (TPSA) is 21.1 Å². The molecule has 5 heteroatoms. The Balaban J connectivity index is 1.76. The summed E-state index contributed by atoms with van der Waals surface area (Å²) in [6, 6.07) is 4.79. The zero-order chi connectivity index (χ0) is 14.8. The van der Waals surface area contributed by atoms with Crippen molar-refractivity contribution in [1.29, 1.82) is 0 Å². The summed E-state index contributed by atoms with van der Waals surface area (Å²) in [6.07, 6.45) is 3.66. The molecular weight excluding hydrogens is 289 g/mol. The number of aromatic nitrogens is 2. The van der Waals surface area contributed by atoms with Gasteiger partial charge in [0.1, 0.15) is 11.6 Å². The number of piperidine rings is 1. The molecule has 2 heterocycles. The quantitative estimate of drug-likeness (QED) is 0.804. The molecule has 0 N–H and O–H groups in total. The van der Waals surface area contributed by atoms with Gasteiger partial charge in [0.05, 0.1) is 16.9 Å². The number of fused-ring (bicyclic) bond motifs is 1. The molecule has 0 amide bonds. The number of halogens is 2. The fraction of sp³-hybridized carbons (Fsp3) is 0.562. The lowest BCUT2D eigenvalue weighted by atomic mass is 9.94. The first-order valence-corrected chi connectivity index (χ1v) is 8.10. The summed E-state index contributed by atoms with van der Waals surface area (Å²) in [5.41, 5.74) is 1.69. The number of alkyl halides is 1. The minimum atomic E-state index is -0.247. The summed E-state index contributed by atoms with van der Waals surface area (Å²) in [6.45, 7) is 3.28. The first kappa shape index (κ1) is 14.8. The lowest BCUT2D eigenvalue weighted by Crippen LogP contribution is -2.30. The molecular formula is C16H21ClFN3. The first-order chi connectivity index (χ1) is 10.2. The Hall–Kier alpha value is -1.13. The van der Waals surface area contributed by atoms with Crippen molar-refractivity contribution >= 4 is 22.6 Å². The van der Waals surface area contributed by atoms with Crippen LogP contribution in [-0.4, -0.2) is 34.6 Å². The fourth-order valence-corrected chi connectivity index (χ4v) is 3.37. The maximum Gasteiger partial charge on any atom is 0.125 e. The number of hydrogen-bond acceptors (Lipinski definition) is 2. The monoisotopic (exact) mass is 309 g/mol. The van der Waals surface area contributed by atoms with Crippen LogP contribution in [-0.2, 0) is 12.4 Å². The number of aryl methyl sites for hydroxylation is 1. The highest BCUT2D eigenvalue weighted by Crippen LogP contribution is 2.24. The van der Waals surface area contributed by atoms with Gasteiger partial charge in [-0.25, -0.2) is 9.37 Å². The van der Waals surface area contributed by atoms with Crippen LogP contribution in [0.2, 0.25) is 0 Å². The third-order valence-electron chi connectivity index (χ3n) is 4.51. The summed E-state index contributed by atoms with van der Waals surface area (Å²) < 4.78 is 15.5. The third kappa shape index (κ3) is 3.22. The molecule has 114 valence electrons. The van der Waals surface area contributed by atoms with Gasteiger partial charge in [0, 0.05) is 12.6 Å². The maximum absolute atomic E-state index is 13.3. The minimum absolute atomic E-state index is 0.247. The maximum atomic E-state index is 13.3. The van der Waals surface area contributed by atoms with Crippen molar-refractivity contribution in [1.82, 2.24) is 14.5 Å². The summed E-state index contributed by atoms with van der Waals surface area (Å²) in [4.78, 5) is 6.84. The van der Waals surface area contributed by atoms with Gasteiger partial charge in [-0.2, -0.15) is 0 Å². The SMILES string of the molecule is CN1CCC(CCn2c(CCl)nc3cc(F)ccc32)CC1. The van der Waals surface area contributed by atoms with E-state index in [0.717, 1.165) is 30.2 Å². The largest absolute Gasteiger partial charge is 0.327 e. The van der Waals surface area contributed by atoms with Crippen molar-refractivity contribution in [2.24, 2.45) is 5.92 Å². The summed E-state index contributed by atoms with van der Waals surface area (Å²) in [7, 11) is 2.18. The molecule has 0 atom stereocenters. The molecule has 0 spiro atoms. The van der Waals surface area contributed by atoms with E-state index in [1.54, 1.807) is 0 Å². The lowest BCUT2D eigenvalue weighted by molar-refractivity contribution is 0.208. The highest BCUT2D eigenvalue weighted by atomic mass is 35.5. The van der Waals surface area contributed by atoms with Gasteiger partial charge in [0.2, 0.25) is 0 Å². The molecule has 0 radical (unpaired) electrons. The molecule has 21 heavy (non-hydrogen) atoms. The van der Waals surface area contributed by atoms with Crippen LogP contribution in [0, 0.1) is 11.7 Å². The standard InChI is InChI=1S/C16H21ClFN3/c1-20-7-4-12(5-8-20)6-9-21-15-3-2-13(18)10-14(15)19-16(21)11-17/h2-3,10,12H,4-9,11H2,1H3. The first-order valence-electron chi connectivity index (χ1n) is 7.56. The zero-order valence-corrected chi connectivity index (χ0v) is 13.1. The van der Waals surface area contributed by atoms with Crippen molar-refractivity contribution in [3.05, 3.63) is 29.8 Å². The van der Waals surface area contributed by atoms with Crippen LogP contribution in [0.15, 0.2) is 18.2 Å². The molecule has 0 aliphatic carbocycles. The Bertz CT molecular complexity index is 617.